The Kier molecular flexibility index (Phi) is 3.42. The topological polar surface area (TPSA) is 77.6 Å². The fourth-order valence-electron chi connectivity index (χ4n) is 2.63. The first-order chi connectivity index (χ1) is 11.7. The number of hydrogen-bond acceptors (Lipinski definition) is 5. The predicted molar refractivity (Wildman–Crippen MR) is 86.3 cm³/mol. The third-order valence-corrected chi connectivity index (χ3v) is 3.78. The molecule has 2 heterocycles. The smallest absolute Gasteiger partial charge is 0.339 e. The van der Waals surface area contributed by atoms with E-state index in [4.69, 9.17) is 14.2 Å². The van der Waals surface area contributed by atoms with Crippen molar-refractivity contribution in [2.45, 2.75) is 6.61 Å². The fraction of sp³-hybridized carbons (Fsp3) is 0.111. The van der Waals surface area contributed by atoms with Gasteiger partial charge in [0.2, 0.25) is 12.4 Å². The van der Waals surface area contributed by atoms with E-state index in [1.807, 2.05) is 0 Å². The van der Waals surface area contributed by atoms with E-state index in [0.717, 1.165) is 5.56 Å². The van der Waals surface area contributed by atoms with E-state index in [-0.39, 0.29) is 24.5 Å². The van der Waals surface area contributed by atoms with Gasteiger partial charge in [-0.2, -0.15) is 0 Å². The number of rotatable bonds is 3. The monoisotopic (exact) mass is 323 g/mol. The summed E-state index contributed by atoms with van der Waals surface area (Å²) in [5, 5.41) is 0.646. The van der Waals surface area contributed by atoms with Crippen LogP contribution in [0.3, 0.4) is 0 Å². The van der Waals surface area contributed by atoms with Crippen molar-refractivity contribution in [1.29, 1.82) is 0 Å². The lowest BCUT2D eigenvalue weighted by atomic mass is 10.1. The summed E-state index contributed by atoms with van der Waals surface area (Å²) < 4.78 is 15.9. The molecule has 2 aromatic carbocycles. The van der Waals surface area contributed by atoms with Crippen LogP contribution in [0.25, 0.3) is 10.9 Å². The Balaban J connectivity index is 1.58. The number of esters is 1. The van der Waals surface area contributed by atoms with Crippen molar-refractivity contribution in [2.75, 3.05) is 6.79 Å². The molecule has 0 spiro atoms. The first kappa shape index (κ1) is 14.3. The van der Waals surface area contributed by atoms with E-state index < -0.39 is 5.97 Å². The number of benzene rings is 2. The summed E-state index contributed by atoms with van der Waals surface area (Å²) in [5.74, 6) is 0.755. The minimum atomic E-state index is -0.546. The van der Waals surface area contributed by atoms with Crippen LogP contribution in [0.4, 0.5) is 0 Å². The molecule has 1 aromatic heterocycles. The van der Waals surface area contributed by atoms with Crippen molar-refractivity contribution in [3.8, 4) is 11.5 Å². The van der Waals surface area contributed by atoms with Crippen molar-refractivity contribution in [3.05, 3.63) is 70.0 Å². The number of para-hydroxylation sites is 1. The van der Waals surface area contributed by atoms with E-state index in [2.05, 4.69) is 4.98 Å². The molecule has 1 aliphatic heterocycles. The second-order valence-corrected chi connectivity index (χ2v) is 5.36. The Morgan fingerprint density at radius 2 is 1.92 bits per heavy atom. The maximum Gasteiger partial charge on any atom is 0.339 e. The van der Waals surface area contributed by atoms with Gasteiger partial charge in [0.15, 0.2) is 11.5 Å². The number of H-pyrrole nitrogens is 1. The van der Waals surface area contributed by atoms with E-state index in [1.54, 1.807) is 42.5 Å². The fourth-order valence-corrected chi connectivity index (χ4v) is 2.63. The zero-order chi connectivity index (χ0) is 16.5. The molecule has 0 saturated heterocycles. The Morgan fingerprint density at radius 3 is 2.83 bits per heavy atom. The van der Waals surface area contributed by atoms with Gasteiger partial charge in [-0.15, -0.1) is 0 Å². The molecule has 0 amide bonds. The number of aromatic amines is 1. The molecule has 0 bridgehead atoms. The van der Waals surface area contributed by atoms with Gasteiger partial charge < -0.3 is 19.2 Å². The number of fused-ring (bicyclic) bond motifs is 2. The number of pyridine rings is 1. The molecule has 6 heteroatoms. The van der Waals surface area contributed by atoms with Crippen LogP contribution in [-0.4, -0.2) is 17.7 Å². The van der Waals surface area contributed by atoms with Crippen LogP contribution in [0.5, 0.6) is 11.5 Å². The molecule has 120 valence electrons. The van der Waals surface area contributed by atoms with Crippen molar-refractivity contribution in [2.24, 2.45) is 0 Å². The summed E-state index contributed by atoms with van der Waals surface area (Å²) in [6.45, 7) is 0.272. The van der Waals surface area contributed by atoms with Gasteiger partial charge in [0.1, 0.15) is 6.61 Å². The lowest BCUT2D eigenvalue weighted by molar-refractivity contribution is 0.0474. The van der Waals surface area contributed by atoms with Gasteiger partial charge in [-0.25, -0.2) is 4.79 Å². The number of hydrogen-bond donors (Lipinski definition) is 1. The zero-order valence-corrected chi connectivity index (χ0v) is 12.6. The molecule has 3 aromatic rings. The standard InChI is InChI=1S/C18H13NO5/c20-17-8-13(12-3-1-2-4-14(12)19-17)18(21)22-9-11-5-6-15-16(7-11)24-10-23-15/h1-8H,9-10H2,(H,19,20). The molecule has 0 radical (unpaired) electrons. The average molecular weight is 323 g/mol. The maximum absolute atomic E-state index is 12.4. The molecule has 0 atom stereocenters. The third kappa shape index (κ3) is 2.58. The van der Waals surface area contributed by atoms with E-state index >= 15 is 0 Å². The first-order valence-corrected chi connectivity index (χ1v) is 7.38. The summed E-state index contributed by atoms with van der Waals surface area (Å²) in [6, 6.07) is 13.7. The number of ether oxygens (including phenoxy) is 3. The molecule has 6 nitrogen and oxygen atoms in total. The van der Waals surface area contributed by atoms with Crippen LogP contribution < -0.4 is 15.0 Å². The zero-order valence-electron chi connectivity index (χ0n) is 12.6. The normalized spacial score (nSPS) is 12.3. The third-order valence-electron chi connectivity index (χ3n) is 3.78. The minimum Gasteiger partial charge on any atom is -0.457 e. The van der Waals surface area contributed by atoms with Crippen LogP contribution in [0.15, 0.2) is 53.3 Å². The predicted octanol–water partition coefficient (Wildman–Crippen LogP) is 2.61. The van der Waals surface area contributed by atoms with E-state index in [9.17, 15) is 9.59 Å². The van der Waals surface area contributed by atoms with Crippen molar-refractivity contribution in [3.63, 3.8) is 0 Å². The Hall–Kier alpha value is -3.28. The van der Waals surface area contributed by atoms with Gasteiger partial charge in [0, 0.05) is 17.0 Å². The highest BCUT2D eigenvalue weighted by molar-refractivity contribution is 6.03. The van der Waals surface area contributed by atoms with E-state index in [1.165, 1.54) is 6.07 Å². The summed E-state index contributed by atoms with van der Waals surface area (Å²) in [7, 11) is 0. The lowest BCUT2D eigenvalue weighted by Crippen LogP contribution is -2.12. The van der Waals surface area contributed by atoms with Gasteiger partial charge >= 0.3 is 5.97 Å². The molecule has 0 fully saturated rings. The highest BCUT2D eigenvalue weighted by Gasteiger charge is 2.16. The minimum absolute atomic E-state index is 0.0800. The van der Waals surface area contributed by atoms with Crippen LogP contribution in [0, 0.1) is 0 Å². The largest absolute Gasteiger partial charge is 0.457 e. The Bertz CT molecular complexity index is 992. The van der Waals surface area contributed by atoms with Crippen molar-refractivity contribution >= 4 is 16.9 Å². The second kappa shape index (κ2) is 5.73. The number of aromatic nitrogens is 1. The number of carbonyl (C=O) groups excluding carboxylic acids is 1. The molecule has 0 aliphatic carbocycles. The first-order valence-electron chi connectivity index (χ1n) is 7.38. The molecule has 1 N–H and O–H groups in total. The van der Waals surface area contributed by atoms with Crippen LogP contribution in [0.2, 0.25) is 0 Å². The van der Waals surface area contributed by atoms with Gasteiger partial charge in [0.25, 0.3) is 0 Å². The van der Waals surface area contributed by atoms with Crippen molar-refractivity contribution < 1.29 is 19.0 Å². The number of nitrogens with one attached hydrogen (secondary N) is 1. The quantitative estimate of drug-likeness (QED) is 0.750. The second-order valence-electron chi connectivity index (χ2n) is 5.36. The molecular weight excluding hydrogens is 310 g/mol. The average Bonchev–Trinajstić information content (AvgIpc) is 3.06. The van der Waals surface area contributed by atoms with Gasteiger partial charge in [-0.1, -0.05) is 24.3 Å². The lowest BCUT2D eigenvalue weighted by Gasteiger charge is -2.08. The van der Waals surface area contributed by atoms with E-state index in [0.29, 0.717) is 22.4 Å². The Morgan fingerprint density at radius 1 is 1.08 bits per heavy atom. The highest BCUT2D eigenvalue weighted by atomic mass is 16.7. The maximum atomic E-state index is 12.4. The summed E-state index contributed by atoms with van der Waals surface area (Å²) in [5.41, 5.74) is 1.28. The molecule has 1 aliphatic rings. The van der Waals surface area contributed by atoms with Crippen LogP contribution in [-0.2, 0) is 11.3 Å². The number of carbonyl (C=O) groups is 1. The van der Waals surface area contributed by atoms with Gasteiger partial charge in [0.05, 0.1) is 5.56 Å². The molecule has 24 heavy (non-hydrogen) atoms. The Labute approximate surface area is 136 Å². The summed E-state index contributed by atoms with van der Waals surface area (Å²) >= 11 is 0. The van der Waals surface area contributed by atoms with Crippen molar-refractivity contribution in [1.82, 2.24) is 4.98 Å². The van der Waals surface area contributed by atoms with Gasteiger partial charge in [-0.3, -0.25) is 4.79 Å². The molecule has 4 rings (SSSR count). The van der Waals surface area contributed by atoms with Crippen LogP contribution in [0.1, 0.15) is 15.9 Å². The SMILES string of the molecule is O=C(OCc1ccc2c(c1)OCO2)c1cc(=O)[nH]c2ccccc12. The summed E-state index contributed by atoms with van der Waals surface area (Å²) in [6.07, 6.45) is 0. The van der Waals surface area contributed by atoms with Gasteiger partial charge in [-0.05, 0) is 23.8 Å². The molecule has 0 saturated carbocycles. The highest BCUT2D eigenvalue weighted by Crippen LogP contribution is 2.32. The molecular formula is C18H13NO5. The molecule has 0 unspecified atom stereocenters. The van der Waals surface area contributed by atoms with Crippen LogP contribution >= 0.6 is 0 Å². The summed E-state index contributed by atoms with van der Waals surface area (Å²) in [4.78, 5) is 26.8.